The first-order chi connectivity index (χ1) is 20.5. The first kappa shape index (κ1) is 28.9. The van der Waals surface area contributed by atoms with Crippen molar-refractivity contribution < 1.29 is 25.8 Å². The van der Waals surface area contributed by atoms with Crippen molar-refractivity contribution in [2.45, 2.75) is 34.1 Å². The van der Waals surface area contributed by atoms with Gasteiger partial charge >= 0.3 is 21.1 Å². The van der Waals surface area contributed by atoms with E-state index in [9.17, 15) is 0 Å². The van der Waals surface area contributed by atoms with Crippen molar-refractivity contribution in [3.63, 3.8) is 0 Å². The van der Waals surface area contributed by atoms with Gasteiger partial charge in [-0.05, 0) is 54.8 Å². The van der Waals surface area contributed by atoms with Crippen molar-refractivity contribution in [2.24, 2.45) is 5.92 Å². The molecule has 0 fully saturated rings. The summed E-state index contributed by atoms with van der Waals surface area (Å²) in [6.45, 7) is 9.20. The number of pyridine rings is 2. The van der Waals surface area contributed by atoms with E-state index in [2.05, 4.69) is 112 Å². The minimum Gasteiger partial charge on any atom is -0.493 e. The largest absolute Gasteiger partial charge is 2.00 e. The summed E-state index contributed by atoms with van der Waals surface area (Å²) in [5.41, 5.74) is 6.34. The van der Waals surface area contributed by atoms with Gasteiger partial charge in [0.2, 0.25) is 0 Å². The van der Waals surface area contributed by atoms with Crippen LogP contribution in [-0.4, -0.2) is 25.4 Å². The number of rotatable bonds is 4. The van der Waals surface area contributed by atoms with Gasteiger partial charge in [-0.3, -0.25) is 9.97 Å². The van der Waals surface area contributed by atoms with Crippen LogP contribution in [0, 0.1) is 31.9 Å². The number of benzene rings is 4. The topological polar surface area (TPSA) is 43.8 Å². The molecule has 0 aliphatic heterocycles. The van der Waals surface area contributed by atoms with Gasteiger partial charge in [-0.1, -0.05) is 49.2 Å². The zero-order chi connectivity index (χ0) is 28.8. The third-order valence-corrected chi connectivity index (χ3v) is 8.02. The van der Waals surface area contributed by atoms with Crippen LogP contribution in [0.5, 0.6) is 5.75 Å². The van der Waals surface area contributed by atoms with Gasteiger partial charge in [0, 0.05) is 34.8 Å². The molecule has 1 unspecified atom stereocenters. The van der Waals surface area contributed by atoms with Crippen LogP contribution in [0.2, 0.25) is 0 Å². The Hall–Kier alpha value is -4.21. The van der Waals surface area contributed by atoms with Crippen LogP contribution in [0.1, 0.15) is 31.7 Å². The minimum atomic E-state index is 0. The van der Waals surface area contributed by atoms with Gasteiger partial charge in [0.05, 0.1) is 17.9 Å². The Morgan fingerprint density at radius 2 is 1.28 bits per heavy atom. The van der Waals surface area contributed by atoms with Crippen LogP contribution >= 0.6 is 0 Å². The zero-order valence-corrected chi connectivity index (χ0v) is 26.9. The van der Waals surface area contributed by atoms with Gasteiger partial charge < -0.3 is 13.5 Å². The number of ether oxygens (including phenoxy) is 1. The molecule has 8 rings (SSSR count). The van der Waals surface area contributed by atoms with E-state index in [1.54, 1.807) is 0 Å². The van der Waals surface area contributed by atoms with Crippen LogP contribution in [0.25, 0.3) is 54.6 Å². The fourth-order valence-corrected chi connectivity index (χ4v) is 5.71. The maximum atomic E-state index is 6.00. The monoisotopic (exact) mass is 743 g/mol. The molecule has 0 spiro atoms. The quantitative estimate of drug-likeness (QED) is 0.134. The molecule has 4 aromatic heterocycles. The van der Waals surface area contributed by atoms with Crippen LogP contribution in [0.3, 0.4) is 0 Å². The number of aryl methyl sites for hydroxylation is 2. The zero-order valence-electron chi connectivity index (χ0n) is 24.7. The molecule has 0 saturated carbocycles. The van der Waals surface area contributed by atoms with Crippen LogP contribution in [0.4, 0.5) is 0 Å². The predicted molar refractivity (Wildman–Crippen MR) is 173 cm³/mol. The second-order valence-electron chi connectivity index (χ2n) is 11.1. The van der Waals surface area contributed by atoms with Gasteiger partial charge in [-0.25, -0.2) is 0 Å². The Labute approximate surface area is 265 Å². The molecule has 43 heavy (non-hydrogen) atoms. The molecular formula is C37H32N4OPt. The standard InChI is InChI=1S/C21H21N2O.C16H11N2.Pt/c1-4-14(2)13-24-16-9-10-20-19(11-16)17-7-5-6-8-18(17)21-22-15(3)12-23(20)21;1-11-10-18-15-9-5-4-7-13(15)12-6-2-3-8-14(12)16(18)17-11;/h5-7,9-12,14H,4,13H2,1-3H3;2-7,9-10H,1H3;/q2*-1;+2. The van der Waals surface area contributed by atoms with E-state index in [1.165, 1.54) is 27.1 Å². The molecular weight excluding hydrogens is 712 g/mol. The number of hydrogen-bond acceptors (Lipinski definition) is 3. The Balaban J connectivity index is 0.000000155. The van der Waals surface area contributed by atoms with E-state index in [1.807, 2.05) is 38.1 Å². The smallest absolute Gasteiger partial charge is 0.493 e. The summed E-state index contributed by atoms with van der Waals surface area (Å²) in [7, 11) is 0. The fourth-order valence-electron chi connectivity index (χ4n) is 5.71. The summed E-state index contributed by atoms with van der Waals surface area (Å²) in [5, 5.41) is 6.94. The number of hydrogen-bond donors (Lipinski definition) is 0. The van der Waals surface area contributed by atoms with Crippen molar-refractivity contribution in [1.82, 2.24) is 18.8 Å². The molecule has 0 radical (unpaired) electrons. The van der Waals surface area contributed by atoms with Crippen molar-refractivity contribution in [3.05, 3.63) is 115 Å². The second kappa shape index (κ2) is 11.8. The maximum Gasteiger partial charge on any atom is 2.00 e. The minimum absolute atomic E-state index is 0. The first-order valence-corrected chi connectivity index (χ1v) is 14.5. The molecule has 1 atom stereocenters. The molecule has 8 aromatic rings. The molecule has 0 N–H and O–H groups in total. The average molecular weight is 744 g/mol. The number of aromatic nitrogens is 4. The third-order valence-electron chi connectivity index (χ3n) is 8.02. The Morgan fingerprint density at radius 3 is 1.91 bits per heavy atom. The van der Waals surface area contributed by atoms with Gasteiger partial charge in [0.15, 0.2) is 0 Å². The summed E-state index contributed by atoms with van der Waals surface area (Å²) < 4.78 is 10.3. The predicted octanol–water partition coefficient (Wildman–Crippen LogP) is 8.92. The van der Waals surface area contributed by atoms with E-state index in [4.69, 9.17) is 4.74 Å². The third kappa shape index (κ3) is 5.17. The van der Waals surface area contributed by atoms with Gasteiger partial charge in [0.1, 0.15) is 5.75 Å². The molecule has 0 saturated heterocycles. The molecule has 0 amide bonds. The van der Waals surface area contributed by atoms with Gasteiger partial charge in [0.25, 0.3) is 0 Å². The number of nitrogens with zero attached hydrogens (tertiary/aromatic N) is 4. The number of imidazole rings is 2. The summed E-state index contributed by atoms with van der Waals surface area (Å²) in [5.74, 6) is 1.48. The molecule has 0 aliphatic rings. The van der Waals surface area contributed by atoms with E-state index in [-0.39, 0.29) is 21.1 Å². The van der Waals surface area contributed by atoms with Crippen molar-refractivity contribution >= 4 is 54.6 Å². The van der Waals surface area contributed by atoms with E-state index < -0.39 is 0 Å². The maximum absolute atomic E-state index is 6.00. The second-order valence-corrected chi connectivity index (χ2v) is 11.1. The Morgan fingerprint density at radius 1 is 0.721 bits per heavy atom. The van der Waals surface area contributed by atoms with Crippen LogP contribution in [0.15, 0.2) is 91.3 Å². The van der Waals surface area contributed by atoms with Crippen molar-refractivity contribution in [2.75, 3.05) is 6.61 Å². The summed E-state index contributed by atoms with van der Waals surface area (Å²) >= 11 is 0. The van der Waals surface area contributed by atoms with E-state index in [0.29, 0.717) is 5.92 Å². The normalized spacial score (nSPS) is 12.1. The number of para-hydroxylation sites is 1. The van der Waals surface area contributed by atoms with E-state index in [0.717, 1.165) is 57.7 Å². The Bertz CT molecular complexity index is 2170. The molecule has 4 heterocycles. The van der Waals surface area contributed by atoms with Crippen molar-refractivity contribution in [1.29, 1.82) is 0 Å². The van der Waals surface area contributed by atoms with Crippen molar-refractivity contribution in [3.8, 4) is 5.75 Å². The molecule has 5 nitrogen and oxygen atoms in total. The SMILES string of the molecule is CCC(C)COc1ccc2c(c1)c1ccc[c-]c1c1nc(C)cn21.Cc1cn2c3ccccc3c3ccc[c-]c3c2n1.[Pt+2]. The average Bonchev–Trinajstić information content (AvgIpc) is 3.63. The van der Waals surface area contributed by atoms with Gasteiger partial charge in [-0.15, -0.1) is 59.3 Å². The fraction of sp³-hybridized carbons (Fsp3) is 0.189. The molecule has 0 aliphatic carbocycles. The van der Waals surface area contributed by atoms with E-state index >= 15 is 0 Å². The Kier molecular flexibility index (Phi) is 7.94. The first-order valence-electron chi connectivity index (χ1n) is 14.5. The van der Waals surface area contributed by atoms with Crippen LogP contribution < -0.4 is 4.74 Å². The van der Waals surface area contributed by atoms with Crippen LogP contribution in [-0.2, 0) is 21.1 Å². The summed E-state index contributed by atoms with van der Waals surface area (Å²) in [6, 6.07) is 33.6. The summed E-state index contributed by atoms with van der Waals surface area (Å²) in [4.78, 5) is 9.31. The summed E-state index contributed by atoms with van der Waals surface area (Å²) in [6.07, 6.45) is 5.29. The molecule has 6 heteroatoms. The molecule has 4 aromatic carbocycles. The molecule has 0 bridgehead atoms. The number of fused-ring (bicyclic) bond motifs is 12. The molecule has 216 valence electrons. The van der Waals surface area contributed by atoms with Gasteiger partial charge in [-0.2, -0.15) is 0 Å².